The zero-order chi connectivity index (χ0) is 18.4. The number of nitrogens with zero attached hydrogens (tertiary/aromatic N) is 3. The molecule has 0 amide bonds. The number of guanidine groups is 1. The zero-order valence-electron chi connectivity index (χ0n) is 16.6. The predicted molar refractivity (Wildman–Crippen MR) is 119 cm³/mol. The van der Waals surface area contributed by atoms with Crippen LogP contribution in [0.25, 0.3) is 0 Å². The van der Waals surface area contributed by atoms with Crippen LogP contribution in [0.5, 0.6) is 0 Å². The van der Waals surface area contributed by atoms with Gasteiger partial charge in [-0.2, -0.15) is 0 Å². The number of hydrogen-bond acceptors (Lipinski definition) is 4. The van der Waals surface area contributed by atoms with Crippen LogP contribution in [-0.4, -0.2) is 67.9 Å². The Labute approximate surface area is 180 Å². The molecule has 1 N–H and O–H groups in total. The Morgan fingerprint density at radius 1 is 1.33 bits per heavy atom. The smallest absolute Gasteiger partial charge is 0.193 e. The Kier molecular flexibility index (Phi) is 9.25. The van der Waals surface area contributed by atoms with Gasteiger partial charge in [-0.05, 0) is 30.4 Å². The number of rotatable bonds is 5. The molecule has 1 aromatic heterocycles. The van der Waals surface area contributed by atoms with Crippen LogP contribution in [0.15, 0.2) is 29.5 Å². The Balaban J connectivity index is 0.00000261. The van der Waals surface area contributed by atoms with Gasteiger partial charge in [-0.15, -0.1) is 24.0 Å². The monoisotopic (exact) mass is 488 g/mol. The zero-order valence-corrected chi connectivity index (χ0v) is 19.0. The fourth-order valence-corrected chi connectivity index (χ4v) is 3.86. The van der Waals surface area contributed by atoms with Crippen molar-refractivity contribution < 1.29 is 9.47 Å². The molecule has 6 nitrogen and oxygen atoms in total. The second kappa shape index (κ2) is 11.2. The number of pyridine rings is 1. The lowest BCUT2D eigenvalue weighted by Gasteiger charge is -2.37. The van der Waals surface area contributed by atoms with Crippen LogP contribution in [0, 0.1) is 5.92 Å². The molecule has 3 heterocycles. The molecule has 0 aliphatic carbocycles. The van der Waals surface area contributed by atoms with E-state index in [0.717, 1.165) is 51.6 Å². The molecule has 7 heteroatoms. The van der Waals surface area contributed by atoms with Gasteiger partial charge in [-0.3, -0.25) is 9.98 Å². The van der Waals surface area contributed by atoms with Crippen LogP contribution in [0.3, 0.4) is 0 Å². The molecule has 2 saturated heterocycles. The standard InChI is InChI=1S/C20H32N4O2.HI/c1-15(2)17(16-6-4-8-22-12-16)13-23-20(21-3)24-9-11-26-19(14-24)18-7-5-10-25-18;/h4,6,8,12,15,17-19H,5,7,9-11,13-14H2,1-3H3,(H,21,23);1H. The van der Waals surface area contributed by atoms with Crippen molar-refractivity contribution in [3.8, 4) is 0 Å². The first-order valence-electron chi connectivity index (χ1n) is 9.77. The number of nitrogens with one attached hydrogen (secondary N) is 1. The van der Waals surface area contributed by atoms with E-state index in [4.69, 9.17) is 9.47 Å². The molecule has 3 rings (SSSR count). The Morgan fingerprint density at radius 2 is 2.15 bits per heavy atom. The van der Waals surface area contributed by atoms with Gasteiger partial charge in [0.15, 0.2) is 5.96 Å². The highest BCUT2D eigenvalue weighted by Crippen LogP contribution is 2.23. The molecular formula is C20H33IN4O2. The van der Waals surface area contributed by atoms with Crippen molar-refractivity contribution >= 4 is 29.9 Å². The van der Waals surface area contributed by atoms with Gasteiger partial charge in [0.2, 0.25) is 0 Å². The number of aliphatic imine (C=N–C) groups is 1. The summed E-state index contributed by atoms with van der Waals surface area (Å²) in [6, 6.07) is 4.16. The summed E-state index contributed by atoms with van der Waals surface area (Å²) in [6.45, 7) is 8.64. The minimum Gasteiger partial charge on any atom is -0.375 e. The number of aromatic nitrogens is 1. The van der Waals surface area contributed by atoms with Crippen LogP contribution in [-0.2, 0) is 9.47 Å². The molecule has 0 saturated carbocycles. The summed E-state index contributed by atoms with van der Waals surface area (Å²) in [4.78, 5) is 11.1. The third kappa shape index (κ3) is 6.02. The summed E-state index contributed by atoms with van der Waals surface area (Å²) in [7, 11) is 1.85. The molecule has 27 heavy (non-hydrogen) atoms. The van der Waals surface area contributed by atoms with Crippen molar-refractivity contribution in [3.63, 3.8) is 0 Å². The van der Waals surface area contributed by atoms with Crippen molar-refractivity contribution in [1.82, 2.24) is 15.2 Å². The normalized spacial score (nSPS) is 24.6. The van der Waals surface area contributed by atoms with E-state index in [-0.39, 0.29) is 36.2 Å². The van der Waals surface area contributed by atoms with Gasteiger partial charge >= 0.3 is 0 Å². The van der Waals surface area contributed by atoms with Crippen molar-refractivity contribution in [3.05, 3.63) is 30.1 Å². The topological polar surface area (TPSA) is 59.0 Å². The van der Waals surface area contributed by atoms with Crippen LogP contribution < -0.4 is 5.32 Å². The molecule has 3 unspecified atom stereocenters. The quantitative estimate of drug-likeness (QED) is 0.393. The van der Waals surface area contributed by atoms with E-state index in [1.54, 1.807) is 0 Å². The van der Waals surface area contributed by atoms with E-state index >= 15 is 0 Å². The fraction of sp³-hybridized carbons (Fsp3) is 0.700. The second-order valence-corrected chi connectivity index (χ2v) is 7.47. The SMILES string of the molecule is CN=C(NCC(c1cccnc1)C(C)C)N1CCOC(C2CCCO2)C1.I. The molecule has 0 spiro atoms. The van der Waals surface area contributed by atoms with Gasteiger partial charge in [-0.25, -0.2) is 0 Å². The Hall–Kier alpha value is -0.930. The molecule has 0 bridgehead atoms. The van der Waals surface area contributed by atoms with Gasteiger partial charge in [0.1, 0.15) is 6.10 Å². The fourth-order valence-electron chi connectivity index (χ4n) is 3.86. The Morgan fingerprint density at radius 3 is 2.78 bits per heavy atom. The average Bonchev–Trinajstić information content (AvgIpc) is 3.21. The van der Waals surface area contributed by atoms with Crippen molar-refractivity contribution in [2.75, 3.05) is 39.9 Å². The first-order chi connectivity index (χ1) is 12.7. The third-order valence-corrected chi connectivity index (χ3v) is 5.38. The molecule has 3 atom stereocenters. The molecule has 2 aliphatic rings. The van der Waals surface area contributed by atoms with E-state index in [9.17, 15) is 0 Å². The van der Waals surface area contributed by atoms with Gasteiger partial charge in [0.05, 0.1) is 12.7 Å². The summed E-state index contributed by atoms with van der Waals surface area (Å²) in [6.07, 6.45) is 6.40. The summed E-state index contributed by atoms with van der Waals surface area (Å²) in [5.74, 6) is 1.87. The Bertz CT molecular complexity index is 579. The number of halogens is 1. The van der Waals surface area contributed by atoms with Crippen LogP contribution in [0.4, 0.5) is 0 Å². The van der Waals surface area contributed by atoms with E-state index in [0.29, 0.717) is 11.8 Å². The van der Waals surface area contributed by atoms with Gasteiger partial charge in [0, 0.05) is 51.6 Å². The maximum atomic E-state index is 5.96. The number of morpholine rings is 1. The summed E-state index contributed by atoms with van der Waals surface area (Å²) in [5.41, 5.74) is 1.27. The van der Waals surface area contributed by atoms with Crippen molar-refractivity contribution in [1.29, 1.82) is 0 Å². The summed E-state index contributed by atoms with van der Waals surface area (Å²) in [5, 5.41) is 3.58. The van der Waals surface area contributed by atoms with Crippen molar-refractivity contribution in [2.24, 2.45) is 10.9 Å². The first kappa shape index (κ1) is 22.4. The first-order valence-corrected chi connectivity index (χ1v) is 9.77. The van der Waals surface area contributed by atoms with Crippen LogP contribution in [0.2, 0.25) is 0 Å². The van der Waals surface area contributed by atoms with E-state index in [2.05, 4.69) is 40.1 Å². The summed E-state index contributed by atoms with van der Waals surface area (Å²) >= 11 is 0. The predicted octanol–water partition coefficient (Wildman–Crippen LogP) is 2.89. The minimum atomic E-state index is 0. The van der Waals surface area contributed by atoms with E-state index < -0.39 is 0 Å². The van der Waals surface area contributed by atoms with Crippen LogP contribution >= 0.6 is 24.0 Å². The van der Waals surface area contributed by atoms with Gasteiger partial charge in [-0.1, -0.05) is 19.9 Å². The maximum absolute atomic E-state index is 5.96. The minimum absolute atomic E-state index is 0. The highest BCUT2D eigenvalue weighted by atomic mass is 127. The molecule has 0 aromatic carbocycles. The maximum Gasteiger partial charge on any atom is 0.193 e. The molecule has 1 aromatic rings. The molecule has 152 valence electrons. The lowest BCUT2D eigenvalue weighted by Crippen LogP contribution is -2.53. The number of hydrogen-bond donors (Lipinski definition) is 1. The number of ether oxygens (including phenoxy) is 2. The molecule has 2 fully saturated rings. The lowest BCUT2D eigenvalue weighted by molar-refractivity contribution is -0.0817. The van der Waals surface area contributed by atoms with E-state index in [1.807, 2.05) is 25.5 Å². The largest absolute Gasteiger partial charge is 0.375 e. The highest BCUT2D eigenvalue weighted by molar-refractivity contribution is 14.0. The van der Waals surface area contributed by atoms with E-state index in [1.165, 1.54) is 5.56 Å². The summed E-state index contributed by atoms with van der Waals surface area (Å²) < 4.78 is 11.8. The molecule has 2 aliphatic heterocycles. The average molecular weight is 488 g/mol. The van der Waals surface area contributed by atoms with Gasteiger partial charge < -0.3 is 19.7 Å². The molecular weight excluding hydrogens is 455 g/mol. The van der Waals surface area contributed by atoms with Crippen molar-refractivity contribution in [2.45, 2.75) is 44.8 Å². The highest BCUT2D eigenvalue weighted by Gasteiger charge is 2.32. The second-order valence-electron chi connectivity index (χ2n) is 7.47. The molecule has 0 radical (unpaired) electrons. The van der Waals surface area contributed by atoms with Crippen LogP contribution in [0.1, 0.15) is 38.2 Å². The third-order valence-electron chi connectivity index (χ3n) is 5.38. The van der Waals surface area contributed by atoms with Gasteiger partial charge in [0.25, 0.3) is 0 Å². The lowest BCUT2D eigenvalue weighted by atomic mass is 9.89.